The number of thioether (sulfide) groups is 1. The van der Waals surface area contributed by atoms with Crippen molar-refractivity contribution in [2.45, 2.75) is 17.5 Å². The normalized spacial score (nSPS) is 10.8. The zero-order valence-corrected chi connectivity index (χ0v) is 9.88. The molecule has 0 aliphatic heterocycles. The van der Waals surface area contributed by atoms with Crippen LogP contribution in [0.5, 0.6) is 0 Å². The second-order valence-corrected chi connectivity index (χ2v) is 4.68. The lowest BCUT2D eigenvalue weighted by molar-refractivity contribution is 0.271. The molecule has 0 amide bonds. The summed E-state index contributed by atoms with van der Waals surface area (Å²) in [4.78, 5) is 8.43. The molecule has 0 saturated carbocycles. The average Bonchev–Trinajstić information content (AvgIpc) is 2.85. The summed E-state index contributed by atoms with van der Waals surface area (Å²) < 4.78 is 1.90. The molecule has 1 N–H and O–H groups in total. The van der Waals surface area contributed by atoms with Gasteiger partial charge in [0.15, 0.2) is 5.16 Å². The summed E-state index contributed by atoms with van der Waals surface area (Å²) in [5.74, 6) is 0.819. The number of aromatic nitrogens is 3. The molecule has 0 aromatic carbocycles. The number of thiazole rings is 1. The highest BCUT2D eigenvalue weighted by molar-refractivity contribution is 7.98. The Morgan fingerprint density at radius 1 is 1.53 bits per heavy atom. The Morgan fingerprint density at radius 3 is 3.00 bits per heavy atom. The maximum atomic E-state index is 9.00. The fourth-order valence-electron chi connectivity index (χ4n) is 1.15. The minimum Gasteiger partial charge on any atom is -0.390 e. The van der Waals surface area contributed by atoms with Gasteiger partial charge in [0, 0.05) is 18.2 Å². The molecule has 4 nitrogen and oxygen atoms in total. The zero-order valence-electron chi connectivity index (χ0n) is 8.25. The van der Waals surface area contributed by atoms with Crippen LogP contribution in [0.3, 0.4) is 0 Å². The van der Waals surface area contributed by atoms with Gasteiger partial charge in [0.1, 0.15) is 0 Å². The van der Waals surface area contributed by atoms with E-state index in [9.17, 15) is 0 Å². The molecule has 0 spiro atoms. The highest BCUT2D eigenvalue weighted by Crippen LogP contribution is 2.21. The summed E-state index contributed by atoms with van der Waals surface area (Å²) in [7, 11) is 1.90. The molecule has 15 heavy (non-hydrogen) atoms. The van der Waals surface area contributed by atoms with Gasteiger partial charge in [-0.25, -0.2) is 9.97 Å². The van der Waals surface area contributed by atoms with Crippen molar-refractivity contribution in [1.29, 1.82) is 0 Å². The highest BCUT2D eigenvalue weighted by Gasteiger charge is 2.06. The summed E-state index contributed by atoms with van der Waals surface area (Å²) in [6.45, 7) is 0.0285. The quantitative estimate of drug-likeness (QED) is 0.827. The molecule has 2 rings (SSSR count). The lowest BCUT2D eigenvalue weighted by Gasteiger charge is -2.02. The van der Waals surface area contributed by atoms with Gasteiger partial charge in [-0.1, -0.05) is 11.8 Å². The number of hydrogen-bond acceptors (Lipinski definition) is 5. The van der Waals surface area contributed by atoms with Gasteiger partial charge in [0.05, 0.1) is 29.7 Å². The van der Waals surface area contributed by atoms with E-state index in [0.29, 0.717) is 0 Å². The van der Waals surface area contributed by atoms with Crippen LogP contribution in [0.1, 0.15) is 11.4 Å². The average molecular weight is 241 g/mol. The van der Waals surface area contributed by atoms with Crippen LogP contribution in [-0.4, -0.2) is 19.6 Å². The first-order valence-corrected chi connectivity index (χ1v) is 6.35. The molecule has 80 valence electrons. The highest BCUT2D eigenvalue weighted by atomic mass is 32.2. The van der Waals surface area contributed by atoms with Crippen molar-refractivity contribution < 1.29 is 5.11 Å². The zero-order chi connectivity index (χ0) is 10.7. The second-order valence-electron chi connectivity index (χ2n) is 3.02. The predicted octanol–water partition coefficient (Wildman–Crippen LogP) is 1.66. The third-order valence-electron chi connectivity index (χ3n) is 2.04. The number of rotatable bonds is 4. The maximum Gasteiger partial charge on any atom is 0.168 e. The SMILES string of the molecule is Cn1c(CO)cnc1SCc1cscn1. The van der Waals surface area contributed by atoms with E-state index in [-0.39, 0.29) is 6.61 Å². The van der Waals surface area contributed by atoms with Crippen molar-refractivity contribution in [3.8, 4) is 0 Å². The van der Waals surface area contributed by atoms with Crippen LogP contribution in [-0.2, 0) is 19.4 Å². The predicted molar refractivity (Wildman–Crippen MR) is 60.8 cm³/mol. The van der Waals surface area contributed by atoms with Gasteiger partial charge in [-0.15, -0.1) is 11.3 Å². The Kier molecular flexibility index (Phi) is 3.40. The molecule has 0 aliphatic rings. The van der Waals surface area contributed by atoms with Crippen LogP contribution < -0.4 is 0 Å². The largest absolute Gasteiger partial charge is 0.390 e. The lowest BCUT2D eigenvalue weighted by atomic mass is 10.5. The van der Waals surface area contributed by atoms with Crippen LogP contribution >= 0.6 is 23.1 Å². The molecular formula is C9H11N3OS2. The molecule has 0 atom stereocenters. The van der Waals surface area contributed by atoms with Gasteiger partial charge in [0.25, 0.3) is 0 Å². The molecule has 0 saturated heterocycles. The van der Waals surface area contributed by atoms with Crippen LogP contribution in [0.15, 0.2) is 22.2 Å². The van der Waals surface area contributed by atoms with Crippen molar-refractivity contribution >= 4 is 23.1 Å². The van der Waals surface area contributed by atoms with Gasteiger partial charge in [-0.3, -0.25) is 0 Å². The Morgan fingerprint density at radius 2 is 2.40 bits per heavy atom. The van der Waals surface area contributed by atoms with E-state index >= 15 is 0 Å². The standard InChI is InChI=1S/C9H11N3OS2/c1-12-8(3-13)2-10-9(12)15-5-7-4-14-6-11-7/h2,4,6,13H,3,5H2,1H3. The van der Waals surface area contributed by atoms with Gasteiger partial charge < -0.3 is 9.67 Å². The molecule has 0 unspecified atom stereocenters. The summed E-state index contributed by atoms with van der Waals surface area (Å²) in [5, 5.41) is 11.9. The van der Waals surface area contributed by atoms with Crippen LogP contribution in [0.25, 0.3) is 0 Å². The molecule has 0 aliphatic carbocycles. The fourth-order valence-corrected chi connectivity index (χ4v) is 2.69. The van der Waals surface area contributed by atoms with Gasteiger partial charge in [-0.05, 0) is 0 Å². The van der Waals surface area contributed by atoms with Crippen molar-refractivity contribution in [2.75, 3.05) is 0 Å². The minimum absolute atomic E-state index is 0.0285. The van der Waals surface area contributed by atoms with Gasteiger partial charge in [0.2, 0.25) is 0 Å². The number of aliphatic hydroxyl groups is 1. The van der Waals surface area contributed by atoms with E-state index in [1.807, 2.05) is 22.5 Å². The van der Waals surface area contributed by atoms with Crippen molar-refractivity contribution in [3.05, 3.63) is 28.5 Å². The third kappa shape index (κ3) is 2.39. The lowest BCUT2D eigenvalue weighted by Crippen LogP contribution is -1.97. The smallest absolute Gasteiger partial charge is 0.168 e. The first-order valence-electron chi connectivity index (χ1n) is 4.42. The molecular weight excluding hydrogens is 230 g/mol. The van der Waals surface area contributed by atoms with Crippen molar-refractivity contribution in [3.63, 3.8) is 0 Å². The summed E-state index contributed by atoms with van der Waals surface area (Å²) >= 11 is 3.22. The van der Waals surface area contributed by atoms with Crippen LogP contribution in [0.2, 0.25) is 0 Å². The topological polar surface area (TPSA) is 50.9 Å². The van der Waals surface area contributed by atoms with Gasteiger partial charge in [-0.2, -0.15) is 0 Å². The Hall–Kier alpha value is -0.850. The molecule has 6 heteroatoms. The van der Waals surface area contributed by atoms with Crippen molar-refractivity contribution in [2.24, 2.45) is 7.05 Å². The van der Waals surface area contributed by atoms with Gasteiger partial charge >= 0.3 is 0 Å². The van der Waals surface area contributed by atoms with E-state index in [0.717, 1.165) is 22.3 Å². The summed E-state index contributed by atoms with van der Waals surface area (Å²) in [6.07, 6.45) is 1.70. The minimum atomic E-state index is 0.0285. The fraction of sp³-hybridized carbons (Fsp3) is 0.333. The third-order valence-corrected chi connectivity index (χ3v) is 3.75. The molecule has 0 bridgehead atoms. The first kappa shape index (κ1) is 10.7. The number of aliphatic hydroxyl groups excluding tert-OH is 1. The van der Waals surface area contributed by atoms with E-state index < -0.39 is 0 Å². The molecule has 2 aromatic rings. The monoisotopic (exact) mass is 241 g/mol. The molecule has 0 radical (unpaired) electrons. The number of hydrogen-bond donors (Lipinski definition) is 1. The van der Waals surface area contributed by atoms with E-state index in [2.05, 4.69) is 9.97 Å². The molecule has 2 aromatic heterocycles. The second kappa shape index (κ2) is 4.78. The van der Waals surface area contributed by atoms with E-state index in [1.165, 1.54) is 0 Å². The number of imidazole rings is 1. The Labute approximate surface area is 96.0 Å². The van der Waals surface area contributed by atoms with Crippen molar-refractivity contribution in [1.82, 2.24) is 14.5 Å². The van der Waals surface area contributed by atoms with E-state index in [4.69, 9.17) is 5.11 Å². The van der Waals surface area contributed by atoms with Crippen LogP contribution in [0.4, 0.5) is 0 Å². The maximum absolute atomic E-state index is 9.00. The summed E-state index contributed by atoms with van der Waals surface area (Å²) in [6, 6.07) is 0. The van der Waals surface area contributed by atoms with Crippen LogP contribution in [0, 0.1) is 0 Å². The molecule has 0 fully saturated rings. The summed E-state index contributed by atoms with van der Waals surface area (Å²) in [5.41, 5.74) is 3.72. The Balaban J connectivity index is 2.02. The first-order chi connectivity index (χ1) is 7.31. The van der Waals surface area contributed by atoms with E-state index in [1.54, 1.807) is 29.3 Å². The number of nitrogens with zero attached hydrogens (tertiary/aromatic N) is 3. The Bertz CT molecular complexity index is 425. The molecule has 2 heterocycles.